The second kappa shape index (κ2) is 7.57. The van der Waals surface area contributed by atoms with Crippen molar-refractivity contribution < 1.29 is 0 Å². The second-order valence-corrected chi connectivity index (χ2v) is 6.13. The van der Waals surface area contributed by atoms with Crippen molar-refractivity contribution in [3.63, 3.8) is 0 Å². The van der Waals surface area contributed by atoms with Gasteiger partial charge in [0.2, 0.25) is 0 Å². The largest absolute Gasteiger partial charge is 0.302 e. The molecule has 0 radical (unpaired) electrons. The van der Waals surface area contributed by atoms with Gasteiger partial charge < -0.3 is 4.90 Å². The molecule has 0 aliphatic carbocycles. The van der Waals surface area contributed by atoms with E-state index in [1.54, 1.807) is 0 Å². The lowest BCUT2D eigenvalue weighted by atomic mass is 10.0. The molecule has 0 amide bonds. The van der Waals surface area contributed by atoms with Gasteiger partial charge in [-0.05, 0) is 42.7 Å². The van der Waals surface area contributed by atoms with Gasteiger partial charge in [0.25, 0.3) is 0 Å². The maximum absolute atomic E-state index is 2.59. The van der Waals surface area contributed by atoms with Gasteiger partial charge in [0.05, 0.1) is 0 Å². The van der Waals surface area contributed by atoms with E-state index >= 15 is 0 Å². The molecule has 1 fully saturated rings. The van der Waals surface area contributed by atoms with E-state index in [1.165, 1.54) is 55.8 Å². The summed E-state index contributed by atoms with van der Waals surface area (Å²) in [5, 5.41) is 0. The van der Waals surface area contributed by atoms with Crippen LogP contribution in [0, 0.1) is 0 Å². The first-order chi connectivity index (χ1) is 10.8. The lowest BCUT2D eigenvalue weighted by molar-refractivity contribution is 0.257. The summed E-state index contributed by atoms with van der Waals surface area (Å²) < 4.78 is 0. The highest BCUT2D eigenvalue weighted by Gasteiger charge is 2.13. The fourth-order valence-corrected chi connectivity index (χ4v) is 3.19. The summed E-state index contributed by atoms with van der Waals surface area (Å²) >= 11 is 0. The standard InChI is InChI=1S/C20H26N2/c1-2-21-13-6-14-22(16-15-21)17-18-9-11-20(12-10-18)19-7-4-3-5-8-19/h3-5,7-12H,2,6,13-17H2,1H3. The molecule has 0 spiro atoms. The van der Waals surface area contributed by atoms with E-state index in [0.717, 1.165) is 6.54 Å². The Morgan fingerprint density at radius 1 is 0.727 bits per heavy atom. The SMILES string of the molecule is CCN1CCCN(Cc2ccc(-c3ccccc3)cc2)CC1. The van der Waals surface area contributed by atoms with Gasteiger partial charge in [0, 0.05) is 19.6 Å². The summed E-state index contributed by atoms with van der Waals surface area (Å²) in [7, 11) is 0. The zero-order chi connectivity index (χ0) is 15.2. The molecule has 1 aliphatic heterocycles. The Morgan fingerprint density at radius 2 is 1.36 bits per heavy atom. The van der Waals surface area contributed by atoms with E-state index in [2.05, 4.69) is 71.3 Å². The van der Waals surface area contributed by atoms with E-state index in [0.29, 0.717) is 0 Å². The Kier molecular flexibility index (Phi) is 5.25. The van der Waals surface area contributed by atoms with Gasteiger partial charge in [-0.2, -0.15) is 0 Å². The highest BCUT2D eigenvalue weighted by Crippen LogP contribution is 2.20. The third-order valence-electron chi connectivity index (χ3n) is 4.60. The Labute approximate surface area is 134 Å². The predicted molar refractivity (Wildman–Crippen MR) is 93.9 cm³/mol. The summed E-state index contributed by atoms with van der Waals surface area (Å²) in [6, 6.07) is 19.7. The van der Waals surface area contributed by atoms with Crippen LogP contribution in [-0.4, -0.2) is 42.5 Å². The lowest BCUT2D eigenvalue weighted by Crippen LogP contribution is -2.30. The molecular formula is C20H26N2. The van der Waals surface area contributed by atoms with Crippen LogP contribution >= 0.6 is 0 Å². The molecule has 2 aromatic carbocycles. The molecule has 2 heteroatoms. The molecule has 0 aromatic heterocycles. The number of likely N-dealkylation sites (N-methyl/N-ethyl adjacent to an activating group) is 1. The number of hydrogen-bond acceptors (Lipinski definition) is 2. The topological polar surface area (TPSA) is 6.48 Å². The Hall–Kier alpha value is -1.64. The van der Waals surface area contributed by atoms with Crippen molar-refractivity contribution >= 4 is 0 Å². The van der Waals surface area contributed by atoms with Crippen molar-refractivity contribution in [3.8, 4) is 11.1 Å². The Morgan fingerprint density at radius 3 is 2.09 bits per heavy atom. The summed E-state index contributed by atoms with van der Waals surface area (Å²) in [5.74, 6) is 0. The average Bonchev–Trinajstić information content (AvgIpc) is 2.81. The minimum atomic E-state index is 1.08. The van der Waals surface area contributed by atoms with Crippen LogP contribution in [0.3, 0.4) is 0 Å². The average molecular weight is 294 g/mol. The predicted octanol–water partition coefficient (Wildman–Crippen LogP) is 3.88. The molecular weight excluding hydrogens is 268 g/mol. The monoisotopic (exact) mass is 294 g/mol. The third-order valence-corrected chi connectivity index (χ3v) is 4.60. The molecule has 1 saturated heterocycles. The van der Waals surface area contributed by atoms with E-state index in [-0.39, 0.29) is 0 Å². The summed E-state index contributed by atoms with van der Waals surface area (Å²) in [5.41, 5.74) is 4.02. The fourth-order valence-electron chi connectivity index (χ4n) is 3.19. The van der Waals surface area contributed by atoms with Crippen molar-refractivity contribution in [1.82, 2.24) is 9.80 Å². The molecule has 0 N–H and O–H groups in total. The van der Waals surface area contributed by atoms with Crippen LogP contribution in [0.1, 0.15) is 18.9 Å². The summed E-state index contributed by atoms with van der Waals surface area (Å²) in [4.78, 5) is 5.14. The minimum absolute atomic E-state index is 1.08. The van der Waals surface area contributed by atoms with Crippen LogP contribution in [0.15, 0.2) is 54.6 Å². The number of rotatable bonds is 4. The number of benzene rings is 2. The van der Waals surface area contributed by atoms with Crippen LogP contribution in [0.2, 0.25) is 0 Å². The van der Waals surface area contributed by atoms with Crippen molar-refractivity contribution in [2.45, 2.75) is 19.9 Å². The maximum Gasteiger partial charge on any atom is 0.0234 e. The normalized spacial score (nSPS) is 17.3. The molecule has 2 nitrogen and oxygen atoms in total. The van der Waals surface area contributed by atoms with Crippen LogP contribution in [0.25, 0.3) is 11.1 Å². The number of hydrogen-bond donors (Lipinski definition) is 0. The van der Waals surface area contributed by atoms with Crippen molar-refractivity contribution in [1.29, 1.82) is 0 Å². The van der Waals surface area contributed by atoms with E-state index < -0.39 is 0 Å². The van der Waals surface area contributed by atoms with Gasteiger partial charge in [0.15, 0.2) is 0 Å². The van der Waals surface area contributed by atoms with E-state index in [1.807, 2.05) is 0 Å². The minimum Gasteiger partial charge on any atom is -0.302 e. The van der Waals surface area contributed by atoms with Crippen LogP contribution < -0.4 is 0 Å². The zero-order valence-corrected chi connectivity index (χ0v) is 13.5. The van der Waals surface area contributed by atoms with E-state index in [4.69, 9.17) is 0 Å². The van der Waals surface area contributed by atoms with Crippen LogP contribution in [0.4, 0.5) is 0 Å². The van der Waals surface area contributed by atoms with Crippen molar-refractivity contribution in [3.05, 3.63) is 60.2 Å². The van der Waals surface area contributed by atoms with Crippen LogP contribution in [-0.2, 0) is 6.54 Å². The van der Waals surface area contributed by atoms with E-state index in [9.17, 15) is 0 Å². The Bertz CT molecular complexity index is 562. The summed E-state index contributed by atoms with van der Waals surface area (Å²) in [6.07, 6.45) is 1.29. The van der Waals surface area contributed by atoms with Gasteiger partial charge in [-0.1, -0.05) is 61.5 Å². The fraction of sp³-hybridized carbons (Fsp3) is 0.400. The molecule has 116 valence electrons. The quantitative estimate of drug-likeness (QED) is 0.844. The third kappa shape index (κ3) is 3.96. The summed E-state index contributed by atoms with van der Waals surface area (Å²) in [6.45, 7) is 9.38. The molecule has 3 rings (SSSR count). The van der Waals surface area contributed by atoms with Gasteiger partial charge in [0.1, 0.15) is 0 Å². The smallest absolute Gasteiger partial charge is 0.0234 e. The first-order valence-corrected chi connectivity index (χ1v) is 8.44. The highest BCUT2D eigenvalue weighted by atomic mass is 15.2. The first-order valence-electron chi connectivity index (χ1n) is 8.44. The van der Waals surface area contributed by atoms with Gasteiger partial charge >= 0.3 is 0 Å². The Balaban J connectivity index is 1.61. The molecule has 0 atom stereocenters. The van der Waals surface area contributed by atoms with Crippen molar-refractivity contribution in [2.75, 3.05) is 32.7 Å². The molecule has 2 aromatic rings. The molecule has 22 heavy (non-hydrogen) atoms. The maximum atomic E-state index is 2.59. The molecule has 0 unspecified atom stereocenters. The molecule has 0 saturated carbocycles. The molecule has 0 bridgehead atoms. The van der Waals surface area contributed by atoms with Crippen molar-refractivity contribution in [2.24, 2.45) is 0 Å². The zero-order valence-electron chi connectivity index (χ0n) is 13.5. The first kappa shape index (κ1) is 15.3. The highest BCUT2D eigenvalue weighted by molar-refractivity contribution is 5.63. The molecule has 1 heterocycles. The van der Waals surface area contributed by atoms with Gasteiger partial charge in [-0.15, -0.1) is 0 Å². The van der Waals surface area contributed by atoms with Crippen LogP contribution in [0.5, 0.6) is 0 Å². The number of nitrogens with zero attached hydrogens (tertiary/aromatic N) is 2. The second-order valence-electron chi connectivity index (χ2n) is 6.13. The van der Waals surface area contributed by atoms with Gasteiger partial charge in [-0.3, -0.25) is 4.90 Å². The lowest BCUT2D eigenvalue weighted by Gasteiger charge is -2.21. The van der Waals surface area contributed by atoms with Gasteiger partial charge in [-0.25, -0.2) is 0 Å². The molecule has 1 aliphatic rings.